The van der Waals surface area contributed by atoms with Gasteiger partial charge in [0.15, 0.2) is 10.7 Å². The lowest BCUT2D eigenvalue weighted by molar-refractivity contribution is 0.416. The van der Waals surface area contributed by atoms with Gasteiger partial charge in [0.25, 0.3) is 0 Å². The van der Waals surface area contributed by atoms with Gasteiger partial charge in [0.1, 0.15) is 5.75 Å². The van der Waals surface area contributed by atoms with Gasteiger partial charge in [-0.3, -0.25) is 0 Å². The van der Waals surface area contributed by atoms with Crippen LogP contribution >= 0.6 is 11.3 Å². The molecule has 0 N–H and O–H groups in total. The van der Waals surface area contributed by atoms with Crippen molar-refractivity contribution >= 4 is 16.3 Å². The number of para-hydroxylation sites is 1. The topological polar surface area (TPSA) is 83.0 Å². The first-order chi connectivity index (χ1) is 14.2. The smallest absolute Gasteiger partial charge is 0.235 e. The van der Waals surface area contributed by atoms with Crippen LogP contribution in [0.5, 0.6) is 5.75 Å². The quantitative estimate of drug-likeness (QED) is 0.455. The fourth-order valence-electron chi connectivity index (χ4n) is 3.16. The Morgan fingerprint density at radius 2 is 1.72 bits per heavy atom. The number of benzene rings is 2. The summed E-state index contributed by atoms with van der Waals surface area (Å²) in [6, 6.07) is 15.9. The first-order valence-electron chi connectivity index (χ1n) is 9.01. The van der Waals surface area contributed by atoms with Crippen LogP contribution in [-0.4, -0.2) is 41.9 Å². The third-order valence-corrected chi connectivity index (χ3v) is 5.65. The first kappa shape index (κ1) is 17.5. The predicted octanol–water partition coefficient (Wildman–Crippen LogP) is 3.73. The number of rotatable bonds is 4. The minimum absolute atomic E-state index is 0.563. The van der Waals surface area contributed by atoms with Gasteiger partial charge in [-0.1, -0.05) is 46.4 Å². The van der Waals surface area contributed by atoms with Gasteiger partial charge in [0.2, 0.25) is 10.8 Å². The summed E-state index contributed by atoms with van der Waals surface area (Å²) in [6.07, 6.45) is 0. The average molecular weight is 403 g/mol. The van der Waals surface area contributed by atoms with Gasteiger partial charge in [-0.05, 0) is 38.1 Å². The number of nitrogens with zero attached hydrogens (tertiary/aromatic N) is 7. The van der Waals surface area contributed by atoms with Crippen molar-refractivity contribution in [1.29, 1.82) is 0 Å². The number of ether oxygens (including phenoxy) is 1. The van der Waals surface area contributed by atoms with Gasteiger partial charge in [-0.15, -0.1) is 15.3 Å². The maximum Gasteiger partial charge on any atom is 0.235 e. The Labute approximate surface area is 170 Å². The number of hydrogen-bond acceptors (Lipinski definition) is 7. The molecule has 0 radical (unpaired) electrons. The summed E-state index contributed by atoms with van der Waals surface area (Å²) in [7, 11) is 1.65. The molecule has 3 aromatic heterocycles. The van der Waals surface area contributed by atoms with Gasteiger partial charge >= 0.3 is 0 Å². The predicted molar refractivity (Wildman–Crippen MR) is 110 cm³/mol. The van der Waals surface area contributed by atoms with Gasteiger partial charge in [0, 0.05) is 0 Å². The second-order valence-corrected chi connectivity index (χ2v) is 7.55. The number of methoxy groups -OCH3 is 1. The van der Waals surface area contributed by atoms with Crippen molar-refractivity contribution in [3.63, 3.8) is 0 Å². The van der Waals surface area contributed by atoms with Crippen LogP contribution < -0.4 is 4.74 Å². The number of hydrogen-bond donors (Lipinski definition) is 0. The molecule has 0 fully saturated rings. The van der Waals surface area contributed by atoms with Crippen molar-refractivity contribution in [3.05, 3.63) is 59.8 Å². The van der Waals surface area contributed by atoms with Crippen molar-refractivity contribution in [2.45, 2.75) is 13.8 Å². The molecule has 0 saturated carbocycles. The van der Waals surface area contributed by atoms with Crippen LogP contribution in [0.1, 0.15) is 11.3 Å². The highest BCUT2D eigenvalue weighted by molar-refractivity contribution is 7.19. The van der Waals surface area contributed by atoms with Crippen LogP contribution in [0.4, 0.5) is 0 Å². The Morgan fingerprint density at radius 3 is 2.52 bits per heavy atom. The van der Waals surface area contributed by atoms with Crippen molar-refractivity contribution in [2.24, 2.45) is 0 Å². The van der Waals surface area contributed by atoms with E-state index in [1.807, 2.05) is 55.5 Å². The molecule has 0 aliphatic rings. The lowest BCUT2D eigenvalue weighted by Gasteiger charge is -2.04. The second-order valence-electron chi connectivity index (χ2n) is 6.60. The third-order valence-electron chi connectivity index (χ3n) is 4.71. The van der Waals surface area contributed by atoms with E-state index >= 15 is 0 Å². The van der Waals surface area contributed by atoms with E-state index in [0.29, 0.717) is 16.5 Å². The summed E-state index contributed by atoms with van der Waals surface area (Å²) in [6.45, 7) is 4.02. The second kappa shape index (κ2) is 6.78. The Morgan fingerprint density at radius 1 is 0.931 bits per heavy atom. The summed E-state index contributed by atoms with van der Waals surface area (Å²) in [5.41, 5.74) is 4.57. The van der Waals surface area contributed by atoms with Gasteiger partial charge < -0.3 is 4.74 Å². The molecule has 0 bridgehead atoms. The van der Waals surface area contributed by atoms with E-state index in [9.17, 15) is 0 Å². The zero-order valence-corrected chi connectivity index (χ0v) is 16.9. The van der Waals surface area contributed by atoms with E-state index in [2.05, 4.69) is 27.4 Å². The van der Waals surface area contributed by atoms with E-state index in [0.717, 1.165) is 27.7 Å². The van der Waals surface area contributed by atoms with Crippen LogP contribution in [0.15, 0.2) is 48.5 Å². The molecule has 29 heavy (non-hydrogen) atoms. The molecule has 0 atom stereocenters. The Hall–Kier alpha value is -3.59. The van der Waals surface area contributed by atoms with E-state index < -0.39 is 0 Å². The molecule has 8 nitrogen and oxygen atoms in total. The molecule has 2 aromatic carbocycles. The fraction of sp³-hybridized carbons (Fsp3) is 0.150. The van der Waals surface area contributed by atoms with E-state index in [-0.39, 0.29) is 0 Å². The highest BCUT2D eigenvalue weighted by atomic mass is 32.1. The van der Waals surface area contributed by atoms with Gasteiger partial charge in [0.05, 0.1) is 24.1 Å². The third kappa shape index (κ3) is 2.87. The van der Waals surface area contributed by atoms with E-state index in [1.54, 1.807) is 16.3 Å². The number of aryl methyl sites for hydroxylation is 1. The molecule has 144 valence electrons. The zero-order valence-electron chi connectivity index (χ0n) is 16.1. The summed E-state index contributed by atoms with van der Waals surface area (Å²) in [5.74, 6) is 1.33. The Balaban J connectivity index is 1.60. The van der Waals surface area contributed by atoms with Crippen molar-refractivity contribution in [1.82, 2.24) is 34.8 Å². The molecule has 0 saturated heterocycles. The highest BCUT2D eigenvalue weighted by Gasteiger charge is 2.21. The highest BCUT2D eigenvalue weighted by Crippen LogP contribution is 2.34. The molecule has 0 unspecified atom stereocenters. The minimum Gasteiger partial charge on any atom is -0.496 e. The normalized spacial score (nSPS) is 11.3. The van der Waals surface area contributed by atoms with Crippen LogP contribution in [0.3, 0.4) is 0 Å². The summed E-state index contributed by atoms with van der Waals surface area (Å²) in [5, 5.41) is 22.8. The van der Waals surface area contributed by atoms with Crippen LogP contribution in [0, 0.1) is 13.8 Å². The average Bonchev–Trinajstić information content (AvgIpc) is 3.43. The van der Waals surface area contributed by atoms with Crippen LogP contribution in [0.25, 0.3) is 32.7 Å². The molecular weight excluding hydrogens is 386 g/mol. The molecule has 0 aliphatic carbocycles. The standard InChI is InChI=1S/C20H17N7OS/c1-12-8-10-14(11-9-12)26-13(2)17(21-25-26)18-22-23-20-27(18)24-19(29-20)15-6-4-5-7-16(15)28-3/h4-11H,1-3H3. The van der Waals surface area contributed by atoms with Gasteiger partial charge in [-0.2, -0.15) is 9.61 Å². The molecular formula is C20H17N7OS. The number of fused-ring (bicyclic) bond motifs is 1. The van der Waals surface area contributed by atoms with E-state index in [4.69, 9.17) is 9.84 Å². The molecule has 5 rings (SSSR count). The van der Waals surface area contributed by atoms with Crippen molar-refractivity contribution in [3.8, 4) is 33.5 Å². The largest absolute Gasteiger partial charge is 0.496 e. The minimum atomic E-state index is 0.563. The molecule has 3 heterocycles. The van der Waals surface area contributed by atoms with Crippen LogP contribution in [-0.2, 0) is 0 Å². The molecule has 9 heteroatoms. The molecule has 0 spiro atoms. The molecule has 5 aromatic rings. The maximum absolute atomic E-state index is 5.46. The Bertz CT molecular complexity index is 1320. The number of aromatic nitrogens is 7. The van der Waals surface area contributed by atoms with Crippen molar-refractivity contribution in [2.75, 3.05) is 7.11 Å². The van der Waals surface area contributed by atoms with Gasteiger partial charge in [-0.25, -0.2) is 4.68 Å². The van der Waals surface area contributed by atoms with E-state index in [1.165, 1.54) is 16.9 Å². The maximum atomic E-state index is 5.46. The lowest BCUT2D eigenvalue weighted by atomic mass is 10.2. The fourth-order valence-corrected chi connectivity index (χ4v) is 4.03. The lowest BCUT2D eigenvalue weighted by Crippen LogP contribution is -1.99. The molecule has 0 aliphatic heterocycles. The summed E-state index contributed by atoms with van der Waals surface area (Å²) < 4.78 is 8.97. The SMILES string of the molecule is COc1ccccc1-c1nn2c(-c3nnn(-c4ccc(C)cc4)c3C)nnc2s1. The summed E-state index contributed by atoms with van der Waals surface area (Å²) >= 11 is 1.45. The zero-order chi connectivity index (χ0) is 20.0. The first-order valence-corrected chi connectivity index (χ1v) is 9.82. The Kier molecular flexibility index (Phi) is 4.09. The van der Waals surface area contributed by atoms with Crippen LogP contribution in [0.2, 0.25) is 0 Å². The van der Waals surface area contributed by atoms with Crippen molar-refractivity contribution < 1.29 is 4.74 Å². The molecule has 0 amide bonds. The summed E-state index contributed by atoms with van der Waals surface area (Å²) in [4.78, 5) is 0.685. The monoisotopic (exact) mass is 403 g/mol.